The van der Waals surface area contributed by atoms with Gasteiger partial charge in [0, 0.05) is 23.2 Å². The van der Waals surface area contributed by atoms with E-state index in [1.165, 1.54) is 5.56 Å². The van der Waals surface area contributed by atoms with E-state index in [0.717, 1.165) is 40.4 Å². The van der Waals surface area contributed by atoms with Gasteiger partial charge in [-0.2, -0.15) is 15.0 Å². The molecule has 0 aliphatic rings. The smallest absolute Gasteiger partial charge is 0.117 e. The van der Waals surface area contributed by atoms with E-state index >= 15 is 0 Å². The quantitative estimate of drug-likeness (QED) is 0.367. The lowest BCUT2D eigenvalue weighted by atomic mass is 10.1. The van der Waals surface area contributed by atoms with Crippen LogP contribution in [0, 0.1) is 0 Å². The van der Waals surface area contributed by atoms with E-state index in [9.17, 15) is 0 Å². The van der Waals surface area contributed by atoms with Crippen molar-refractivity contribution in [2.24, 2.45) is 0 Å². The molecule has 4 aromatic rings. The van der Waals surface area contributed by atoms with Crippen molar-refractivity contribution in [3.8, 4) is 11.3 Å². The third-order valence-corrected chi connectivity index (χ3v) is 5.59. The molecule has 0 unspecified atom stereocenters. The molecule has 0 fully saturated rings. The highest BCUT2D eigenvalue weighted by Crippen LogP contribution is 2.21. The van der Waals surface area contributed by atoms with E-state index in [4.69, 9.17) is 21.8 Å². The zero-order chi connectivity index (χ0) is 21.5. The lowest BCUT2D eigenvalue weighted by Crippen LogP contribution is -2.26. The average molecular weight is 431 g/mol. The van der Waals surface area contributed by atoms with Crippen LogP contribution in [0.4, 0.5) is 0 Å². The Labute approximate surface area is 188 Å². The first-order chi connectivity index (χ1) is 15.2. The van der Waals surface area contributed by atoms with Crippen LogP contribution >= 0.6 is 11.6 Å². The molecule has 1 N–H and O–H groups in total. The van der Waals surface area contributed by atoms with E-state index in [1.54, 1.807) is 4.80 Å². The number of nitrogens with one attached hydrogen (secondary N) is 1. The summed E-state index contributed by atoms with van der Waals surface area (Å²) < 4.78 is 0. The Kier molecular flexibility index (Phi) is 7.13. The molecule has 1 heterocycles. The van der Waals surface area contributed by atoms with Crippen molar-refractivity contribution in [3.63, 3.8) is 0 Å². The van der Waals surface area contributed by atoms with Crippen LogP contribution in [0.1, 0.15) is 30.2 Å². The maximum absolute atomic E-state index is 6.01. The van der Waals surface area contributed by atoms with Gasteiger partial charge in [0.05, 0.1) is 6.54 Å². The molecule has 1 aromatic heterocycles. The Morgan fingerprint density at radius 3 is 2.23 bits per heavy atom. The van der Waals surface area contributed by atoms with Crippen molar-refractivity contribution < 1.29 is 0 Å². The number of aromatic nitrogens is 3. The summed E-state index contributed by atoms with van der Waals surface area (Å²) in [6, 6.07) is 29.1. The average Bonchev–Trinajstić information content (AvgIpc) is 3.21. The maximum Gasteiger partial charge on any atom is 0.117 e. The highest BCUT2D eigenvalue weighted by molar-refractivity contribution is 6.30. The van der Waals surface area contributed by atoms with Gasteiger partial charge in [-0.25, -0.2) is 0 Å². The molecule has 158 valence electrons. The van der Waals surface area contributed by atoms with Gasteiger partial charge in [0.15, 0.2) is 0 Å². The Balaban J connectivity index is 1.45. The third kappa shape index (κ3) is 6.03. The van der Waals surface area contributed by atoms with E-state index < -0.39 is 0 Å². The van der Waals surface area contributed by atoms with Crippen molar-refractivity contribution >= 4 is 11.6 Å². The van der Waals surface area contributed by atoms with E-state index in [0.29, 0.717) is 19.1 Å². The monoisotopic (exact) mass is 430 g/mol. The second kappa shape index (κ2) is 10.4. The molecule has 0 amide bonds. The summed E-state index contributed by atoms with van der Waals surface area (Å²) in [5.74, 6) is 0. The summed E-state index contributed by atoms with van der Waals surface area (Å²) in [4.78, 5) is 1.78. The highest BCUT2D eigenvalue weighted by atomic mass is 35.5. The maximum atomic E-state index is 6.01. The molecule has 0 radical (unpaired) electrons. The highest BCUT2D eigenvalue weighted by Gasteiger charge is 2.14. The molecule has 0 spiro atoms. The van der Waals surface area contributed by atoms with Crippen molar-refractivity contribution in [2.75, 3.05) is 0 Å². The predicted molar refractivity (Wildman–Crippen MR) is 127 cm³/mol. The lowest BCUT2D eigenvalue weighted by Gasteiger charge is -2.13. The molecule has 0 aliphatic carbocycles. The van der Waals surface area contributed by atoms with Crippen LogP contribution in [-0.2, 0) is 19.5 Å². The molecule has 0 saturated heterocycles. The molecule has 0 bridgehead atoms. The Bertz CT molecular complexity index is 1080. The molecule has 4 rings (SSSR count). The fraction of sp³-hybridized carbons (Fsp3) is 0.231. The minimum absolute atomic E-state index is 0.380. The molecular weight excluding hydrogens is 404 g/mol. The van der Waals surface area contributed by atoms with Gasteiger partial charge in [-0.05, 0) is 43.0 Å². The van der Waals surface area contributed by atoms with Gasteiger partial charge >= 0.3 is 0 Å². The van der Waals surface area contributed by atoms with Crippen molar-refractivity contribution in [2.45, 2.75) is 38.9 Å². The number of halogens is 1. The number of benzene rings is 3. The normalized spacial score (nSPS) is 12.1. The summed E-state index contributed by atoms with van der Waals surface area (Å²) in [7, 11) is 0. The van der Waals surface area contributed by atoms with Crippen LogP contribution in [0.5, 0.6) is 0 Å². The van der Waals surface area contributed by atoms with Gasteiger partial charge < -0.3 is 5.32 Å². The molecule has 31 heavy (non-hydrogen) atoms. The second-order valence-electron chi connectivity index (χ2n) is 7.82. The number of nitrogens with zero attached hydrogens (tertiary/aromatic N) is 3. The molecule has 4 nitrogen and oxygen atoms in total. The van der Waals surface area contributed by atoms with Crippen LogP contribution < -0.4 is 5.32 Å². The Morgan fingerprint density at radius 1 is 0.839 bits per heavy atom. The van der Waals surface area contributed by atoms with E-state index in [1.807, 2.05) is 42.5 Å². The Hall–Kier alpha value is -2.95. The first kappa shape index (κ1) is 21.3. The zero-order valence-electron chi connectivity index (χ0n) is 17.7. The number of hydrogen-bond donors (Lipinski definition) is 1. The Morgan fingerprint density at radius 2 is 1.52 bits per heavy atom. The van der Waals surface area contributed by atoms with Gasteiger partial charge in [0.1, 0.15) is 11.4 Å². The molecular formula is C26H27ClN4. The van der Waals surface area contributed by atoms with Gasteiger partial charge in [-0.3, -0.25) is 0 Å². The van der Waals surface area contributed by atoms with Gasteiger partial charge in [-0.15, -0.1) is 0 Å². The lowest BCUT2D eigenvalue weighted by molar-refractivity contribution is 0.503. The molecule has 0 saturated carbocycles. The standard InChI is InChI=1S/C26H27ClN4/c1-20(12-13-21-8-4-2-5-9-21)28-18-25-26(23-10-6-3-7-11-23)30-31(29-25)19-22-14-16-24(27)17-15-22/h2-11,14-17,20,28H,12-13,18-19H2,1H3/t20-/m0/s1. The van der Waals surface area contributed by atoms with E-state index in [-0.39, 0.29) is 0 Å². The van der Waals surface area contributed by atoms with Crippen LogP contribution in [0.25, 0.3) is 11.3 Å². The van der Waals surface area contributed by atoms with Crippen molar-refractivity contribution in [3.05, 3.63) is 107 Å². The fourth-order valence-electron chi connectivity index (χ4n) is 3.55. The van der Waals surface area contributed by atoms with Crippen LogP contribution in [0.2, 0.25) is 5.02 Å². The fourth-order valence-corrected chi connectivity index (χ4v) is 3.67. The summed E-state index contributed by atoms with van der Waals surface area (Å²) >= 11 is 6.01. The second-order valence-corrected chi connectivity index (χ2v) is 8.26. The van der Waals surface area contributed by atoms with Crippen molar-refractivity contribution in [1.82, 2.24) is 20.3 Å². The number of aryl methyl sites for hydroxylation is 1. The molecule has 1 atom stereocenters. The van der Waals surface area contributed by atoms with Crippen molar-refractivity contribution in [1.29, 1.82) is 0 Å². The number of hydrogen-bond acceptors (Lipinski definition) is 3. The third-order valence-electron chi connectivity index (χ3n) is 5.34. The van der Waals surface area contributed by atoms with Gasteiger partial charge in [0.25, 0.3) is 0 Å². The van der Waals surface area contributed by atoms with Crippen LogP contribution in [0.3, 0.4) is 0 Å². The minimum atomic E-state index is 0.380. The largest absolute Gasteiger partial charge is 0.309 e. The summed E-state index contributed by atoms with van der Waals surface area (Å²) in [5, 5.41) is 14.0. The summed E-state index contributed by atoms with van der Waals surface area (Å²) in [5.41, 5.74) is 5.47. The first-order valence-corrected chi connectivity index (χ1v) is 11.1. The molecule has 5 heteroatoms. The van der Waals surface area contributed by atoms with E-state index in [2.05, 4.69) is 54.7 Å². The van der Waals surface area contributed by atoms with Gasteiger partial charge in [0.2, 0.25) is 0 Å². The number of rotatable bonds is 9. The predicted octanol–water partition coefficient (Wildman–Crippen LogP) is 5.76. The first-order valence-electron chi connectivity index (χ1n) is 10.7. The van der Waals surface area contributed by atoms with Crippen LogP contribution in [0.15, 0.2) is 84.9 Å². The SMILES string of the molecule is C[C@@H](CCc1ccccc1)NCc1nn(Cc2ccc(Cl)cc2)nc1-c1ccccc1. The van der Waals surface area contributed by atoms with Crippen LogP contribution in [-0.4, -0.2) is 21.0 Å². The molecule has 3 aromatic carbocycles. The topological polar surface area (TPSA) is 42.7 Å². The summed E-state index contributed by atoms with van der Waals surface area (Å²) in [6.07, 6.45) is 2.13. The zero-order valence-corrected chi connectivity index (χ0v) is 18.5. The summed E-state index contributed by atoms with van der Waals surface area (Å²) in [6.45, 7) is 3.52. The van der Waals surface area contributed by atoms with Gasteiger partial charge in [-0.1, -0.05) is 84.4 Å². The molecule has 0 aliphatic heterocycles. The minimum Gasteiger partial charge on any atom is -0.309 e.